The highest BCUT2D eigenvalue weighted by Crippen LogP contribution is 2.34. The lowest BCUT2D eigenvalue weighted by molar-refractivity contribution is -0.183. The summed E-state index contributed by atoms with van der Waals surface area (Å²) in [4.78, 5) is 12.3. The summed E-state index contributed by atoms with van der Waals surface area (Å²) in [6.45, 7) is 1.28. The third-order valence-corrected chi connectivity index (χ3v) is 4.19. The van der Waals surface area contributed by atoms with Crippen molar-refractivity contribution in [1.82, 2.24) is 0 Å². The van der Waals surface area contributed by atoms with E-state index >= 15 is 0 Å². The van der Waals surface area contributed by atoms with Gasteiger partial charge in [0.2, 0.25) is 0 Å². The first kappa shape index (κ1) is 18.0. The van der Waals surface area contributed by atoms with Gasteiger partial charge in [0, 0.05) is 10.6 Å². The predicted molar refractivity (Wildman–Crippen MR) is 93.7 cm³/mol. The first-order chi connectivity index (χ1) is 12.1. The molecule has 0 bridgehead atoms. The molecule has 0 radical (unpaired) electrons. The standard InChI is InChI=1S/C18H16Cl2O5/c1-22-16-9-11(18-23-7-2-8-24-18)3-6-15(16)25-17(21)13-5-4-12(19)10-14(13)20/h3-6,9-10,18H,2,7-8H2,1H3. The Morgan fingerprint density at radius 2 is 1.84 bits per heavy atom. The Morgan fingerprint density at radius 3 is 2.52 bits per heavy atom. The quantitative estimate of drug-likeness (QED) is 0.568. The number of carbonyl (C=O) groups excluding carboxylic acids is 1. The highest BCUT2D eigenvalue weighted by atomic mass is 35.5. The van der Waals surface area contributed by atoms with Crippen molar-refractivity contribution in [3.63, 3.8) is 0 Å². The van der Waals surface area contributed by atoms with Gasteiger partial charge in [-0.05, 0) is 42.8 Å². The van der Waals surface area contributed by atoms with Gasteiger partial charge < -0.3 is 18.9 Å². The Kier molecular flexibility index (Phi) is 5.81. The van der Waals surface area contributed by atoms with E-state index in [-0.39, 0.29) is 16.3 Å². The van der Waals surface area contributed by atoms with Gasteiger partial charge >= 0.3 is 5.97 Å². The van der Waals surface area contributed by atoms with E-state index in [0.717, 1.165) is 12.0 Å². The van der Waals surface area contributed by atoms with Crippen molar-refractivity contribution in [2.45, 2.75) is 12.7 Å². The molecule has 0 saturated carbocycles. The number of rotatable bonds is 4. The van der Waals surface area contributed by atoms with E-state index in [1.807, 2.05) is 0 Å². The van der Waals surface area contributed by atoms with Crippen LogP contribution < -0.4 is 9.47 Å². The average molecular weight is 383 g/mol. The summed E-state index contributed by atoms with van der Waals surface area (Å²) < 4.78 is 21.9. The zero-order valence-corrected chi connectivity index (χ0v) is 15.0. The molecular weight excluding hydrogens is 367 g/mol. The lowest BCUT2D eigenvalue weighted by Gasteiger charge is -2.24. The topological polar surface area (TPSA) is 54.0 Å². The molecule has 0 atom stereocenters. The highest BCUT2D eigenvalue weighted by molar-refractivity contribution is 6.36. The van der Waals surface area contributed by atoms with Crippen LogP contribution in [0.5, 0.6) is 11.5 Å². The third-order valence-electron chi connectivity index (χ3n) is 3.64. The van der Waals surface area contributed by atoms with Crippen molar-refractivity contribution in [2.24, 2.45) is 0 Å². The van der Waals surface area contributed by atoms with Crippen molar-refractivity contribution in [1.29, 1.82) is 0 Å². The molecule has 3 rings (SSSR count). The molecule has 1 heterocycles. The number of carbonyl (C=O) groups is 1. The van der Waals surface area contributed by atoms with E-state index in [1.54, 1.807) is 24.3 Å². The van der Waals surface area contributed by atoms with Gasteiger partial charge in [0.05, 0.1) is 30.9 Å². The summed E-state index contributed by atoms with van der Waals surface area (Å²) in [5.41, 5.74) is 1.01. The van der Waals surface area contributed by atoms with Crippen LogP contribution >= 0.6 is 23.2 Å². The molecular formula is C18H16Cl2O5. The number of hydrogen-bond donors (Lipinski definition) is 0. The molecule has 0 unspecified atom stereocenters. The Labute approximate surface area is 155 Å². The van der Waals surface area contributed by atoms with Gasteiger partial charge in [-0.2, -0.15) is 0 Å². The number of hydrogen-bond acceptors (Lipinski definition) is 5. The van der Waals surface area contributed by atoms with E-state index in [9.17, 15) is 4.79 Å². The molecule has 1 saturated heterocycles. The van der Waals surface area contributed by atoms with Gasteiger partial charge in [0.25, 0.3) is 0 Å². The number of methoxy groups -OCH3 is 1. The van der Waals surface area contributed by atoms with Crippen LogP contribution in [0.25, 0.3) is 0 Å². The second-order valence-electron chi connectivity index (χ2n) is 5.35. The number of halogens is 2. The van der Waals surface area contributed by atoms with Crippen molar-refractivity contribution >= 4 is 29.2 Å². The van der Waals surface area contributed by atoms with E-state index in [2.05, 4.69) is 0 Å². The molecule has 7 heteroatoms. The molecule has 0 spiro atoms. The van der Waals surface area contributed by atoms with Gasteiger partial charge in [-0.25, -0.2) is 4.79 Å². The summed E-state index contributed by atoms with van der Waals surface area (Å²) in [5, 5.41) is 0.660. The lowest BCUT2D eigenvalue weighted by atomic mass is 10.1. The van der Waals surface area contributed by atoms with Gasteiger partial charge in [0.1, 0.15) is 0 Å². The Morgan fingerprint density at radius 1 is 1.08 bits per heavy atom. The summed E-state index contributed by atoms with van der Waals surface area (Å²) >= 11 is 11.9. The molecule has 0 amide bonds. The van der Waals surface area contributed by atoms with E-state index < -0.39 is 12.3 Å². The van der Waals surface area contributed by atoms with Crippen LogP contribution in [0, 0.1) is 0 Å². The summed E-state index contributed by atoms with van der Waals surface area (Å²) in [6, 6.07) is 9.70. The Bertz CT molecular complexity index is 772. The normalized spacial score (nSPS) is 15.0. The fourth-order valence-electron chi connectivity index (χ4n) is 2.41. The van der Waals surface area contributed by atoms with E-state index in [4.69, 9.17) is 42.1 Å². The zero-order chi connectivity index (χ0) is 17.8. The highest BCUT2D eigenvalue weighted by Gasteiger charge is 2.20. The Hall–Kier alpha value is -1.79. The second kappa shape index (κ2) is 8.06. The van der Waals surface area contributed by atoms with Gasteiger partial charge in [-0.15, -0.1) is 0 Å². The molecule has 132 valence electrons. The average Bonchev–Trinajstić information content (AvgIpc) is 2.62. The van der Waals surface area contributed by atoms with Crippen molar-refractivity contribution in [3.05, 3.63) is 57.6 Å². The molecule has 5 nitrogen and oxygen atoms in total. The minimum atomic E-state index is -0.599. The molecule has 1 aliphatic rings. The van der Waals surface area contributed by atoms with Gasteiger partial charge in [0.15, 0.2) is 17.8 Å². The Balaban J connectivity index is 1.80. The minimum absolute atomic E-state index is 0.219. The van der Waals surface area contributed by atoms with Gasteiger partial charge in [-0.3, -0.25) is 0 Å². The monoisotopic (exact) mass is 382 g/mol. The lowest BCUT2D eigenvalue weighted by Crippen LogP contribution is -2.18. The molecule has 0 aromatic heterocycles. The first-order valence-electron chi connectivity index (χ1n) is 7.67. The predicted octanol–water partition coefficient (Wildman–Crippen LogP) is 4.66. The maximum absolute atomic E-state index is 12.3. The van der Waals surface area contributed by atoms with E-state index in [1.165, 1.54) is 19.2 Å². The van der Waals surface area contributed by atoms with Crippen molar-refractivity contribution in [2.75, 3.05) is 20.3 Å². The largest absolute Gasteiger partial charge is 0.493 e. The summed E-state index contributed by atoms with van der Waals surface area (Å²) in [6.07, 6.45) is 0.420. The van der Waals surface area contributed by atoms with Crippen LogP contribution in [0.3, 0.4) is 0 Å². The molecule has 0 aliphatic carbocycles. The minimum Gasteiger partial charge on any atom is -0.493 e. The SMILES string of the molecule is COc1cc(C2OCCCO2)ccc1OC(=O)c1ccc(Cl)cc1Cl. The number of ether oxygens (including phenoxy) is 4. The summed E-state index contributed by atoms with van der Waals surface area (Å²) in [7, 11) is 1.49. The van der Waals surface area contributed by atoms with Crippen LogP contribution in [-0.2, 0) is 9.47 Å². The van der Waals surface area contributed by atoms with Crippen LogP contribution in [0.4, 0.5) is 0 Å². The number of esters is 1. The van der Waals surface area contributed by atoms with E-state index in [0.29, 0.717) is 24.0 Å². The fourth-order valence-corrected chi connectivity index (χ4v) is 2.89. The van der Waals surface area contributed by atoms with Crippen molar-refractivity contribution in [3.8, 4) is 11.5 Å². The maximum Gasteiger partial charge on any atom is 0.345 e. The maximum atomic E-state index is 12.3. The second-order valence-corrected chi connectivity index (χ2v) is 6.19. The molecule has 1 fully saturated rings. The molecule has 2 aromatic rings. The third kappa shape index (κ3) is 4.25. The smallest absolute Gasteiger partial charge is 0.345 e. The van der Waals surface area contributed by atoms with Crippen LogP contribution in [0.15, 0.2) is 36.4 Å². The fraction of sp³-hybridized carbons (Fsp3) is 0.278. The first-order valence-corrected chi connectivity index (χ1v) is 8.42. The molecule has 1 aliphatic heterocycles. The molecule has 0 N–H and O–H groups in total. The number of benzene rings is 2. The van der Waals surface area contributed by atoms with Crippen LogP contribution in [-0.4, -0.2) is 26.3 Å². The van der Waals surface area contributed by atoms with Crippen molar-refractivity contribution < 1.29 is 23.7 Å². The molecule has 2 aromatic carbocycles. The van der Waals surface area contributed by atoms with Gasteiger partial charge in [-0.1, -0.05) is 23.2 Å². The zero-order valence-electron chi connectivity index (χ0n) is 13.5. The van der Waals surface area contributed by atoms with Crippen LogP contribution in [0.2, 0.25) is 10.0 Å². The molecule has 25 heavy (non-hydrogen) atoms. The summed E-state index contributed by atoms with van der Waals surface area (Å²) in [5.74, 6) is 0.0738. The van der Waals surface area contributed by atoms with Crippen LogP contribution in [0.1, 0.15) is 28.6 Å².